The van der Waals surface area contributed by atoms with Crippen molar-refractivity contribution in [3.63, 3.8) is 0 Å². The summed E-state index contributed by atoms with van der Waals surface area (Å²) in [6.07, 6.45) is 5.04. The van der Waals surface area contributed by atoms with Gasteiger partial charge in [-0.3, -0.25) is 5.43 Å². The van der Waals surface area contributed by atoms with Crippen LogP contribution < -0.4 is 21.1 Å². The van der Waals surface area contributed by atoms with Gasteiger partial charge < -0.3 is 9.80 Å². The second-order valence-electron chi connectivity index (χ2n) is 4.53. The molecule has 0 bridgehead atoms. The molecule has 1 aliphatic heterocycles. The highest BCUT2D eigenvalue weighted by Gasteiger charge is 2.21. The number of nitrogens with one attached hydrogen (secondary N) is 1. The van der Waals surface area contributed by atoms with Crippen molar-refractivity contribution in [2.75, 3.05) is 41.4 Å². The van der Waals surface area contributed by atoms with Crippen LogP contribution in [-0.4, -0.2) is 46.1 Å². The van der Waals surface area contributed by atoms with Crippen LogP contribution in [0, 0.1) is 0 Å². The van der Waals surface area contributed by atoms with E-state index in [0.717, 1.165) is 32.1 Å². The number of hydrogen-bond donors (Lipinski definition) is 2. The molecule has 3 heterocycles. The lowest BCUT2D eigenvalue weighted by Gasteiger charge is -2.35. The molecule has 0 aromatic carbocycles. The minimum absolute atomic E-state index is 0.350. The van der Waals surface area contributed by atoms with Crippen molar-refractivity contribution in [1.29, 1.82) is 0 Å². The standard InChI is InChI=1S/C12H15ClN8/c13-9-8-17-11(19-14)18-10(9)20-4-6-21(7-5-20)12-15-2-1-3-16-12/h1-3,8H,4-7,14H2,(H,17,18,19). The van der Waals surface area contributed by atoms with E-state index in [2.05, 4.69) is 35.2 Å². The first-order chi connectivity index (χ1) is 10.3. The van der Waals surface area contributed by atoms with Crippen molar-refractivity contribution < 1.29 is 0 Å². The fourth-order valence-corrected chi connectivity index (χ4v) is 2.43. The Bertz CT molecular complexity index is 599. The highest BCUT2D eigenvalue weighted by Crippen LogP contribution is 2.25. The molecule has 0 saturated carbocycles. The van der Waals surface area contributed by atoms with E-state index in [4.69, 9.17) is 17.4 Å². The van der Waals surface area contributed by atoms with Crippen molar-refractivity contribution in [1.82, 2.24) is 19.9 Å². The fraction of sp³-hybridized carbons (Fsp3) is 0.333. The molecule has 1 saturated heterocycles. The van der Waals surface area contributed by atoms with E-state index >= 15 is 0 Å². The first kappa shape index (κ1) is 13.8. The Kier molecular flexibility index (Phi) is 3.98. The molecular weight excluding hydrogens is 292 g/mol. The molecule has 2 aromatic rings. The summed E-state index contributed by atoms with van der Waals surface area (Å²) in [6.45, 7) is 3.16. The van der Waals surface area contributed by atoms with Gasteiger partial charge in [-0.15, -0.1) is 0 Å². The van der Waals surface area contributed by atoms with Gasteiger partial charge in [-0.2, -0.15) is 4.98 Å². The molecule has 3 rings (SSSR count). The Morgan fingerprint density at radius 3 is 2.38 bits per heavy atom. The summed E-state index contributed by atoms with van der Waals surface area (Å²) in [7, 11) is 0. The monoisotopic (exact) mass is 306 g/mol. The number of nitrogens with zero attached hydrogens (tertiary/aromatic N) is 6. The Hall–Kier alpha value is -2.19. The van der Waals surface area contributed by atoms with Crippen LogP contribution in [0.2, 0.25) is 5.02 Å². The summed E-state index contributed by atoms with van der Waals surface area (Å²) in [6, 6.07) is 1.81. The van der Waals surface area contributed by atoms with Crippen molar-refractivity contribution in [2.24, 2.45) is 5.84 Å². The zero-order chi connectivity index (χ0) is 14.7. The van der Waals surface area contributed by atoms with E-state index in [1.807, 2.05) is 6.07 Å². The largest absolute Gasteiger partial charge is 0.352 e. The normalized spacial score (nSPS) is 15.1. The summed E-state index contributed by atoms with van der Waals surface area (Å²) in [4.78, 5) is 21.0. The number of nitrogens with two attached hydrogens (primary N) is 1. The second kappa shape index (κ2) is 6.06. The molecule has 0 radical (unpaired) electrons. The lowest BCUT2D eigenvalue weighted by Crippen LogP contribution is -2.47. The van der Waals surface area contributed by atoms with Crippen LogP contribution in [0.5, 0.6) is 0 Å². The number of piperazine rings is 1. The van der Waals surface area contributed by atoms with Gasteiger partial charge in [0.1, 0.15) is 5.02 Å². The predicted octanol–water partition coefficient (Wildman–Crippen LogP) is 0.532. The number of rotatable bonds is 3. The van der Waals surface area contributed by atoms with E-state index < -0.39 is 0 Å². The Morgan fingerprint density at radius 1 is 1.05 bits per heavy atom. The van der Waals surface area contributed by atoms with E-state index in [-0.39, 0.29) is 0 Å². The molecule has 3 N–H and O–H groups in total. The molecule has 1 aliphatic rings. The Morgan fingerprint density at radius 2 is 1.71 bits per heavy atom. The van der Waals surface area contributed by atoms with Crippen LogP contribution in [0.25, 0.3) is 0 Å². The van der Waals surface area contributed by atoms with Crippen molar-refractivity contribution in [3.8, 4) is 0 Å². The summed E-state index contributed by atoms with van der Waals surface area (Å²) in [5, 5.41) is 0.512. The predicted molar refractivity (Wildman–Crippen MR) is 81.3 cm³/mol. The van der Waals surface area contributed by atoms with Gasteiger partial charge in [0.15, 0.2) is 5.82 Å². The quantitative estimate of drug-likeness (QED) is 0.626. The van der Waals surface area contributed by atoms with Crippen LogP contribution >= 0.6 is 11.6 Å². The minimum atomic E-state index is 0.350. The smallest absolute Gasteiger partial charge is 0.239 e. The zero-order valence-corrected chi connectivity index (χ0v) is 12.0. The molecule has 0 amide bonds. The average molecular weight is 307 g/mol. The van der Waals surface area contributed by atoms with Gasteiger partial charge in [-0.05, 0) is 6.07 Å². The number of nitrogen functional groups attached to an aromatic ring is 1. The molecule has 2 aromatic heterocycles. The highest BCUT2D eigenvalue weighted by atomic mass is 35.5. The maximum Gasteiger partial charge on any atom is 0.239 e. The molecule has 0 unspecified atom stereocenters. The Labute approximate surface area is 127 Å². The summed E-state index contributed by atoms with van der Waals surface area (Å²) < 4.78 is 0. The van der Waals surface area contributed by atoms with Gasteiger partial charge in [0, 0.05) is 38.6 Å². The fourth-order valence-electron chi connectivity index (χ4n) is 2.22. The van der Waals surface area contributed by atoms with Crippen LogP contribution in [0.4, 0.5) is 17.7 Å². The van der Waals surface area contributed by atoms with Gasteiger partial charge in [-0.1, -0.05) is 11.6 Å². The SMILES string of the molecule is NNc1ncc(Cl)c(N2CCN(c3ncccn3)CC2)n1. The summed E-state index contributed by atoms with van der Waals surface area (Å²) in [5.74, 6) is 7.12. The van der Waals surface area contributed by atoms with Gasteiger partial charge in [0.25, 0.3) is 0 Å². The summed E-state index contributed by atoms with van der Waals surface area (Å²) >= 11 is 6.17. The molecule has 0 spiro atoms. The molecule has 110 valence electrons. The third-order valence-corrected chi connectivity index (χ3v) is 3.54. The number of hydrazine groups is 1. The van der Waals surface area contributed by atoms with Gasteiger partial charge in [0.05, 0.1) is 6.20 Å². The molecule has 0 atom stereocenters. The lowest BCUT2D eigenvalue weighted by molar-refractivity contribution is 0.634. The third-order valence-electron chi connectivity index (χ3n) is 3.27. The Balaban J connectivity index is 1.71. The van der Waals surface area contributed by atoms with Crippen molar-refractivity contribution in [3.05, 3.63) is 29.7 Å². The van der Waals surface area contributed by atoms with E-state index in [9.17, 15) is 0 Å². The minimum Gasteiger partial charge on any atom is -0.352 e. The zero-order valence-electron chi connectivity index (χ0n) is 11.3. The molecule has 8 nitrogen and oxygen atoms in total. The van der Waals surface area contributed by atoms with E-state index in [0.29, 0.717) is 16.8 Å². The second-order valence-corrected chi connectivity index (χ2v) is 4.94. The van der Waals surface area contributed by atoms with Gasteiger partial charge in [0.2, 0.25) is 11.9 Å². The van der Waals surface area contributed by atoms with Crippen molar-refractivity contribution in [2.45, 2.75) is 0 Å². The molecule has 9 heteroatoms. The summed E-state index contributed by atoms with van der Waals surface area (Å²) in [5.41, 5.74) is 2.43. The first-order valence-corrected chi connectivity index (χ1v) is 6.92. The van der Waals surface area contributed by atoms with Gasteiger partial charge in [-0.25, -0.2) is 20.8 Å². The van der Waals surface area contributed by atoms with Crippen LogP contribution in [-0.2, 0) is 0 Å². The van der Waals surface area contributed by atoms with Crippen LogP contribution in [0.15, 0.2) is 24.7 Å². The topological polar surface area (TPSA) is 96.1 Å². The van der Waals surface area contributed by atoms with Crippen LogP contribution in [0.3, 0.4) is 0 Å². The maximum absolute atomic E-state index is 6.17. The number of aromatic nitrogens is 4. The van der Waals surface area contributed by atoms with E-state index in [1.165, 1.54) is 0 Å². The molecular formula is C12H15ClN8. The maximum atomic E-state index is 6.17. The first-order valence-electron chi connectivity index (χ1n) is 6.54. The molecule has 0 aliphatic carbocycles. The van der Waals surface area contributed by atoms with Crippen molar-refractivity contribution >= 4 is 29.3 Å². The number of anilines is 3. The average Bonchev–Trinajstić information content (AvgIpc) is 2.56. The highest BCUT2D eigenvalue weighted by molar-refractivity contribution is 6.32. The van der Waals surface area contributed by atoms with E-state index in [1.54, 1.807) is 18.6 Å². The third kappa shape index (κ3) is 2.96. The van der Waals surface area contributed by atoms with Crippen LogP contribution in [0.1, 0.15) is 0 Å². The number of hydrogen-bond acceptors (Lipinski definition) is 8. The van der Waals surface area contributed by atoms with Gasteiger partial charge >= 0.3 is 0 Å². The number of halogens is 1. The molecule has 21 heavy (non-hydrogen) atoms. The molecule has 1 fully saturated rings. The lowest BCUT2D eigenvalue weighted by atomic mass is 10.3.